The number of rotatable bonds is 7. The van der Waals surface area contributed by atoms with Crippen LogP contribution in [0, 0.1) is 6.92 Å². The molecular weight excluding hydrogens is 432 g/mol. The van der Waals surface area contributed by atoms with Crippen molar-refractivity contribution in [1.29, 1.82) is 0 Å². The van der Waals surface area contributed by atoms with Crippen LogP contribution in [0.15, 0.2) is 72.2 Å². The molecule has 3 N–H and O–H groups in total. The summed E-state index contributed by atoms with van der Waals surface area (Å²) in [5.74, 6) is 1.38. The van der Waals surface area contributed by atoms with Crippen molar-refractivity contribution in [3.05, 3.63) is 83.3 Å². The number of hydrogen-bond acceptors (Lipinski definition) is 6. The third-order valence-corrected chi connectivity index (χ3v) is 5.36. The number of aromatic amines is 1. The lowest BCUT2D eigenvalue weighted by Crippen LogP contribution is -2.11. The zero-order valence-electron chi connectivity index (χ0n) is 19.1. The van der Waals surface area contributed by atoms with E-state index in [-0.39, 0.29) is 11.5 Å². The fraction of sp³-hybridized carbons (Fsp3) is 0.115. The molecule has 8 nitrogen and oxygen atoms in total. The predicted molar refractivity (Wildman–Crippen MR) is 134 cm³/mol. The lowest BCUT2D eigenvalue weighted by atomic mass is 10.0. The van der Waals surface area contributed by atoms with Crippen LogP contribution in [-0.4, -0.2) is 30.1 Å². The number of hydrogen-bond donors (Lipinski definition) is 3. The normalized spacial score (nSPS) is 10.6. The SMILES string of the molecule is C=CC(=O)Nc1cccc(C)c1Nc1cc2[nH]c(=O)c(-c3cc(OC)cc(OC)c3)cc2cn1. The predicted octanol–water partition coefficient (Wildman–Crippen LogP) is 4.78. The van der Waals surface area contributed by atoms with Gasteiger partial charge in [-0.2, -0.15) is 0 Å². The van der Waals surface area contributed by atoms with Gasteiger partial charge in [0.2, 0.25) is 5.91 Å². The Labute approximate surface area is 196 Å². The second kappa shape index (κ2) is 9.50. The van der Waals surface area contributed by atoms with Gasteiger partial charge in [0.05, 0.1) is 31.1 Å². The van der Waals surface area contributed by atoms with E-state index in [1.54, 1.807) is 56.8 Å². The first-order valence-corrected chi connectivity index (χ1v) is 10.5. The van der Waals surface area contributed by atoms with Crippen LogP contribution >= 0.6 is 0 Å². The molecule has 0 atom stereocenters. The van der Waals surface area contributed by atoms with Crippen molar-refractivity contribution in [1.82, 2.24) is 9.97 Å². The number of nitrogens with zero attached hydrogens (tertiary/aromatic N) is 1. The molecule has 8 heteroatoms. The standard InChI is InChI=1S/C26H24N4O4/c1-5-24(31)28-21-8-6-7-15(2)25(21)30-23-13-22-17(14-27-23)11-20(26(32)29-22)16-9-18(33-3)12-19(10-16)34-4/h5-14H,1H2,2-4H3,(H,27,30)(H,28,31)(H,29,32). The lowest BCUT2D eigenvalue weighted by molar-refractivity contribution is -0.111. The highest BCUT2D eigenvalue weighted by Crippen LogP contribution is 2.31. The van der Waals surface area contributed by atoms with Gasteiger partial charge in [0.1, 0.15) is 17.3 Å². The Morgan fingerprint density at radius 1 is 1.09 bits per heavy atom. The first-order chi connectivity index (χ1) is 16.4. The lowest BCUT2D eigenvalue weighted by Gasteiger charge is -2.15. The van der Waals surface area contributed by atoms with Crippen molar-refractivity contribution in [2.45, 2.75) is 6.92 Å². The fourth-order valence-corrected chi connectivity index (χ4v) is 3.60. The number of aromatic nitrogens is 2. The highest BCUT2D eigenvalue weighted by molar-refractivity contribution is 6.01. The number of fused-ring (bicyclic) bond motifs is 1. The molecule has 0 aliphatic rings. The second-order valence-electron chi connectivity index (χ2n) is 7.59. The summed E-state index contributed by atoms with van der Waals surface area (Å²) in [4.78, 5) is 32.2. The second-order valence-corrected chi connectivity index (χ2v) is 7.59. The van der Waals surface area contributed by atoms with Crippen LogP contribution in [-0.2, 0) is 4.79 Å². The maximum absolute atomic E-state index is 12.9. The number of amides is 1. The number of pyridine rings is 2. The topological polar surface area (TPSA) is 105 Å². The van der Waals surface area contributed by atoms with Gasteiger partial charge >= 0.3 is 0 Å². The molecule has 2 heterocycles. The summed E-state index contributed by atoms with van der Waals surface area (Å²) < 4.78 is 10.6. The third kappa shape index (κ3) is 4.61. The molecule has 0 bridgehead atoms. The minimum absolute atomic E-state index is 0.255. The summed E-state index contributed by atoms with van der Waals surface area (Å²) in [5.41, 5.74) is 3.72. The fourth-order valence-electron chi connectivity index (χ4n) is 3.60. The monoisotopic (exact) mass is 456 g/mol. The maximum atomic E-state index is 12.9. The Morgan fingerprint density at radius 2 is 1.82 bits per heavy atom. The molecule has 172 valence electrons. The molecule has 0 spiro atoms. The first-order valence-electron chi connectivity index (χ1n) is 10.5. The quantitative estimate of drug-likeness (QED) is 0.346. The molecule has 0 aliphatic heterocycles. The average Bonchev–Trinajstić information content (AvgIpc) is 2.85. The molecule has 0 saturated heterocycles. The van der Waals surface area contributed by atoms with Gasteiger partial charge in [-0.3, -0.25) is 9.59 Å². The van der Waals surface area contributed by atoms with Crippen molar-refractivity contribution in [3.8, 4) is 22.6 Å². The summed E-state index contributed by atoms with van der Waals surface area (Å²) in [6, 6.07) is 14.4. The Morgan fingerprint density at radius 3 is 2.50 bits per heavy atom. The van der Waals surface area contributed by atoms with E-state index in [1.807, 2.05) is 19.1 Å². The molecule has 2 aromatic heterocycles. The van der Waals surface area contributed by atoms with Crippen LogP contribution in [0.4, 0.5) is 17.2 Å². The molecule has 0 unspecified atom stereocenters. The summed E-state index contributed by atoms with van der Waals surface area (Å²) in [5, 5.41) is 6.79. The van der Waals surface area contributed by atoms with E-state index in [4.69, 9.17) is 9.47 Å². The zero-order chi connectivity index (χ0) is 24.2. The molecule has 4 aromatic rings. The number of ether oxygens (including phenoxy) is 2. The Bertz CT molecular complexity index is 1440. The van der Waals surface area contributed by atoms with Crippen molar-refractivity contribution in [2.24, 2.45) is 0 Å². The van der Waals surface area contributed by atoms with Gasteiger partial charge in [-0.05, 0) is 48.4 Å². The highest BCUT2D eigenvalue weighted by Gasteiger charge is 2.12. The molecule has 34 heavy (non-hydrogen) atoms. The molecule has 2 aromatic carbocycles. The van der Waals surface area contributed by atoms with Crippen molar-refractivity contribution in [2.75, 3.05) is 24.9 Å². The molecule has 0 aliphatic carbocycles. The number of H-pyrrole nitrogens is 1. The summed E-state index contributed by atoms with van der Waals surface area (Å²) in [6.45, 7) is 5.41. The van der Waals surface area contributed by atoms with Crippen LogP contribution in [0.5, 0.6) is 11.5 Å². The Kier molecular flexibility index (Phi) is 6.31. The van der Waals surface area contributed by atoms with Crippen molar-refractivity contribution in [3.63, 3.8) is 0 Å². The summed E-state index contributed by atoms with van der Waals surface area (Å²) in [7, 11) is 3.12. The van der Waals surface area contributed by atoms with Crippen LogP contribution in [0.3, 0.4) is 0 Å². The Hall–Kier alpha value is -4.59. The van der Waals surface area contributed by atoms with E-state index < -0.39 is 0 Å². The largest absolute Gasteiger partial charge is 0.497 e. The van der Waals surface area contributed by atoms with E-state index in [1.165, 1.54) is 6.08 Å². The number of anilines is 3. The number of aryl methyl sites for hydroxylation is 1. The van der Waals surface area contributed by atoms with E-state index in [0.29, 0.717) is 45.3 Å². The number of nitrogens with one attached hydrogen (secondary N) is 3. The van der Waals surface area contributed by atoms with E-state index in [9.17, 15) is 9.59 Å². The van der Waals surface area contributed by atoms with Crippen molar-refractivity contribution >= 4 is 34.0 Å². The van der Waals surface area contributed by atoms with E-state index >= 15 is 0 Å². The average molecular weight is 457 g/mol. The van der Waals surface area contributed by atoms with Gasteiger partial charge in [0.15, 0.2) is 0 Å². The third-order valence-electron chi connectivity index (χ3n) is 5.36. The minimum atomic E-state index is -0.314. The molecular formula is C26H24N4O4. The van der Waals surface area contributed by atoms with Gasteiger partial charge in [0, 0.05) is 29.3 Å². The number of benzene rings is 2. The molecule has 0 fully saturated rings. The molecule has 1 amide bonds. The maximum Gasteiger partial charge on any atom is 0.256 e. The van der Waals surface area contributed by atoms with Crippen LogP contribution < -0.4 is 25.7 Å². The first kappa shape index (κ1) is 22.6. The molecule has 0 saturated carbocycles. The number of para-hydroxylation sites is 1. The van der Waals surface area contributed by atoms with Crippen LogP contribution in [0.25, 0.3) is 22.0 Å². The summed E-state index contributed by atoms with van der Waals surface area (Å²) in [6.07, 6.45) is 2.88. The smallest absolute Gasteiger partial charge is 0.256 e. The summed E-state index contributed by atoms with van der Waals surface area (Å²) >= 11 is 0. The zero-order valence-corrected chi connectivity index (χ0v) is 19.1. The van der Waals surface area contributed by atoms with Gasteiger partial charge in [0.25, 0.3) is 5.56 Å². The van der Waals surface area contributed by atoms with Crippen LogP contribution in [0.1, 0.15) is 5.56 Å². The number of methoxy groups -OCH3 is 2. The minimum Gasteiger partial charge on any atom is -0.497 e. The van der Waals surface area contributed by atoms with Gasteiger partial charge in [-0.15, -0.1) is 0 Å². The number of carbonyl (C=O) groups is 1. The van der Waals surface area contributed by atoms with Gasteiger partial charge in [-0.25, -0.2) is 4.98 Å². The van der Waals surface area contributed by atoms with Crippen molar-refractivity contribution < 1.29 is 14.3 Å². The van der Waals surface area contributed by atoms with E-state index in [0.717, 1.165) is 10.9 Å². The van der Waals surface area contributed by atoms with Gasteiger partial charge < -0.3 is 25.1 Å². The van der Waals surface area contributed by atoms with E-state index in [2.05, 4.69) is 27.2 Å². The number of carbonyl (C=O) groups excluding carboxylic acids is 1. The Balaban J connectivity index is 1.72. The van der Waals surface area contributed by atoms with Gasteiger partial charge in [-0.1, -0.05) is 18.7 Å². The molecule has 0 radical (unpaired) electrons. The molecule has 4 rings (SSSR count). The van der Waals surface area contributed by atoms with Crippen LogP contribution in [0.2, 0.25) is 0 Å². The highest BCUT2D eigenvalue weighted by atomic mass is 16.5.